The largest absolute Gasteiger partial charge is 0.307 e. The highest BCUT2D eigenvalue weighted by atomic mass is 32.1. The molecule has 16 heavy (non-hydrogen) atoms. The van der Waals surface area contributed by atoms with Gasteiger partial charge >= 0.3 is 0 Å². The zero-order valence-corrected chi connectivity index (χ0v) is 9.84. The first-order chi connectivity index (χ1) is 7.81. The van der Waals surface area contributed by atoms with Crippen LogP contribution in [0.15, 0.2) is 11.6 Å². The number of aryl methyl sites for hydroxylation is 1. The van der Waals surface area contributed by atoms with Gasteiger partial charge in [-0.05, 0) is 6.92 Å². The summed E-state index contributed by atoms with van der Waals surface area (Å²) >= 11 is 1.67. The van der Waals surface area contributed by atoms with Crippen LogP contribution in [-0.4, -0.2) is 15.0 Å². The van der Waals surface area contributed by atoms with Crippen LogP contribution >= 0.6 is 11.3 Å². The molecule has 3 heterocycles. The van der Waals surface area contributed by atoms with Crippen molar-refractivity contribution >= 4 is 11.3 Å². The van der Waals surface area contributed by atoms with Gasteiger partial charge in [-0.25, -0.2) is 15.0 Å². The van der Waals surface area contributed by atoms with Crippen molar-refractivity contribution in [3.8, 4) is 0 Å². The Bertz CT molecular complexity index is 520. The minimum Gasteiger partial charge on any atom is -0.307 e. The van der Waals surface area contributed by atoms with E-state index < -0.39 is 0 Å². The van der Waals surface area contributed by atoms with Gasteiger partial charge in [0.15, 0.2) is 0 Å². The third kappa shape index (κ3) is 1.83. The van der Waals surface area contributed by atoms with Gasteiger partial charge in [-0.2, -0.15) is 0 Å². The Morgan fingerprint density at radius 2 is 2.31 bits per heavy atom. The SMILES string of the molecule is Cc1csc(Cc2ncc3c(n2)CNC3)n1. The third-order valence-corrected chi connectivity index (χ3v) is 3.55. The van der Waals surface area contributed by atoms with Gasteiger partial charge in [0.25, 0.3) is 0 Å². The molecule has 0 unspecified atom stereocenters. The van der Waals surface area contributed by atoms with Gasteiger partial charge in [-0.1, -0.05) is 0 Å². The normalized spacial score (nSPS) is 14.1. The summed E-state index contributed by atoms with van der Waals surface area (Å²) in [5.74, 6) is 0.872. The van der Waals surface area contributed by atoms with Crippen molar-refractivity contribution in [1.29, 1.82) is 0 Å². The highest BCUT2D eigenvalue weighted by Crippen LogP contribution is 2.15. The molecule has 0 saturated carbocycles. The van der Waals surface area contributed by atoms with E-state index in [0.717, 1.165) is 41.7 Å². The molecule has 0 bridgehead atoms. The second kappa shape index (κ2) is 3.92. The van der Waals surface area contributed by atoms with Crippen molar-refractivity contribution in [2.75, 3.05) is 0 Å². The van der Waals surface area contributed by atoms with Crippen LogP contribution in [0.1, 0.15) is 27.8 Å². The van der Waals surface area contributed by atoms with Gasteiger partial charge in [-0.3, -0.25) is 0 Å². The van der Waals surface area contributed by atoms with Crippen LogP contribution in [0.4, 0.5) is 0 Å². The van der Waals surface area contributed by atoms with Gasteiger partial charge in [0.2, 0.25) is 0 Å². The van der Waals surface area contributed by atoms with Crippen LogP contribution in [0, 0.1) is 6.92 Å². The Hall–Kier alpha value is -1.33. The number of nitrogens with one attached hydrogen (secondary N) is 1. The van der Waals surface area contributed by atoms with Crippen LogP contribution in [0.5, 0.6) is 0 Å². The molecular formula is C11H12N4S. The quantitative estimate of drug-likeness (QED) is 0.851. The van der Waals surface area contributed by atoms with Crippen molar-refractivity contribution in [3.05, 3.63) is 39.4 Å². The van der Waals surface area contributed by atoms with E-state index in [2.05, 4.69) is 25.6 Å². The number of aromatic nitrogens is 3. The first-order valence-electron chi connectivity index (χ1n) is 5.26. The number of rotatable bonds is 2. The third-order valence-electron chi connectivity index (χ3n) is 2.59. The number of thiazole rings is 1. The average Bonchev–Trinajstić information content (AvgIpc) is 2.87. The fourth-order valence-electron chi connectivity index (χ4n) is 1.80. The predicted octanol–water partition coefficient (Wildman–Crippen LogP) is 1.44. The second-order valence-electron chi connectivity index (χ2n) is 3.92. The van der Waals surface area contributed by atoms with Crippen LogP contribution in [0.2, 0.25) is 0 Å². The first-order valence-corrected chi connectivity index (χ1v) is 6.14. The van der Waals surface area contributed by atoms with E-state index in [4.69, 9.17) is 0 Å². The number of fused-ring (bicyclic) bond motifs is 1. The molecule has 5 heteroatoms. The fraction of sp³-hybridized carbons (Fsp3) is 0.364. The fourth-order valence-corrected chi connectivity index (χ4v) is 2.57. The van der Waals surface area contributed by atoms with Crippen molar-refractivity contribution < 1.29 is 0 Å². The predicted molar refractivity (Wildman–Crippen MR) is 62.2 cm³/mol. The molecule has 3 rings (SSSR count). The Morgan fingerprint density at radius 1 is 1.38 bits per heavy atom. The summed E-state index contributed by atoms with van der Waals surface area (Å²) in [6.07, 6.45) is 2.67. The monoisotopic (exact) mass is 232 g/mol. The lowest BCUT2D eigenvalue weighted by Crippen LogP contribution is -2.01. The van der Waals surface area contributed by atoms with E-state index in [9.17, 15) is 0 Å². The summed E-state index contributed by atoms with van der Waals surface area (Å²) in [6.45, 7) is 3.77. The Balaban J connectivity index is 1.85. The van der Waals surface area contributed by atoms with E-state index >= 15 is 0 Å². The molecule has 82 valence electrons. The van der Waals surface area contributed by atoms with Crippen LogP contribution in [0.3, 0.4) is 0 Å². The molecule has 1 N–H and O–H groups in total. The van der Waals surface area contributed by atoms with Gasteiger partial charge in [0, 0.05) is 35.9 Å². The highest BCUT2D eigenvalue weighted by molar-refractivity contribution is 7.09. The summed E-state index contributed by atoms with van der Waals surface area (Å²) in [4.78, 5) is 13.3. The minimum atomic E-state index is 0.742. The van der Waals surface area contributed by atoms with Gasteiger partial charge in [0.1, 0.15) is 10.8 Å². The molecule has 0 fully saturated rings. The maximum Gasteiger partial charge on any atom is 0.135 e. The van der Waals surface area contributed by atoms with Gasteiger partial charge < -0.3 is 5.32 Å². The molecule has 0 amide bonds. The Kier molecular flexibility index (Phi) is 2.41. The summed E-state index contributed by atoms with van der Waals surface area (Å²) in [7, 11) is 0. The highest BCUT2D eigenvalue weighted by Gasteiger charge is 2.13. The van der Waals surface area contributed by atoms with Crippen molar-refractivity contribution in [2.45, 2.75) is 26.4 Å². The molecule has 4 nitrogen and oxygen atoms in total. The summed E-state index contributed by atoms with van der Waals surface area (Å²) < 4.78 is 0. The molecule has 0 atom stereocenters. The molecule has 0 saturated heterocycles. The first kappa shape index (κ1) is 9.86. The van der Waals surface area contributed by atoms with Gasteiger partial charge in [0.05, 0.1) is 12.1 Å². The van der Waals surface area contributed by atoms with E-state index in [1.54, 1.807) is 11.3 Å². The van der Waals surface area contributed by atoms with E-state index in [-0.39, 0.29) is 0 Å². The number of hydrogen-bond acceptors (Lipinski definition) is 5. The topological polar surface area (TPSA) is 50.7 Å². The minimum absolute atomic E-state index is 0.742. The van der Waals surface area contributed by atoms with Gasteiger partial charge in [-0.15, -0.1) is 11.3 Å². The van der Waals surface area contributed by atoms with Crippen molar-refractivity contribution in [2.24, 2.45) is 0 Å². The molecular weight excluding hydrogens is 220 g/mol. The van der Waals surface area contributed by atoms with E-state index in [1.807, 2.05) is 13.1 Å². The van der Waals surface area contributed by atoms with Crippen LogP contribution < -0.4 is 5.32 Å². The van der Waals surface area contributed by atoms with Crippen LogP contribution in [-0.2, 0) is 19.5 Å². The smallest absolute Gasteiger partial charge is 0.135 e. The molecule has 2 aromatic rings. The lowest BCUT2D eigenvalue weighted by atomic mass is 10.2. The standard InChI is InChI=1S/C11H12N4S/c1-7-6-16-11(14-7)2-10-13-4-8-3-12-5-9(8)15-10/h4,6,12H,2-3,5H2,1H3. The second-order valence-corrected chi connectivity index (χ2v) is 4.86. The Morgan fingerprint density at radius 3 is 3.12 bits per heavy atom. The van der Waals surface area contributed by atoms with E-state index in [1.165, 1.54) is 5.56 Å². The summed E-state index contributed by atoms with van der Waals surface area (Å²) in [5, 5.41) is 6.41. The molecule has 1 aliphatic heterocycles. The number of hydrogen-bond donors (Lipinski definition) is 1. The molecule has 0 aliphatic carbocycles. The summed E-state index contributed by atoms with van der Waals surface area (Å²) in [6, 6.07) is 0. The summed E-state index contributed by atoms with van der Waals surface area (Å²) in [5.41, 5.74) is 3.43. The number of nitrogens with zero attached hydrogens (tertiary/aromatic N) is 3. The molecule has 0 radical (unpaired) electrons. The molecule has 0 spiro atoms. The zero-order chi connectivity index (χ0) is 11.0. The lowest BCUT2D eigenvalue weighted by molar-refractivity contribution is 0.756. The molecule has 1 aliphatic rings. The molecule has 2 aromatic heterocycles. The maximum absolute atomic E-state index is 4.55. The molecule has 0 aromatic carbocycles. The van der Waals surface area contributed by atoms with E-state index in [0.29, 0.717) is 0 Å². The lowest BCUT2D eigenvalue weighted by Gasteiger charge is -2.00. The van der Waals surface area contributed by atoms with Crippen LogP contribution in [0.25, 0.3) is 0 Å². The van der Waals surface area contributed by atoms with Crippen molar-refractivity contribution in [1.82, 2.24) is 20.3 Å². The zero-order valence-electron chi connectivity index (χ0n) is 9.03. The maximum atomic E-state index is 4.55. The van der Waals surface area contributed by atoms with Crippen molar-refractivity contribution in [3.63, 3.8) is 0 Å². The Labute approximate surface area is 97.8 Å². The average molecular weight is 232 g/mol.